The third kappa shape index (κ3) is 3.52. The number of hydrogen-bond acceptors (Lipinski definition) is 3. The monoisotopic (exact) mass is 345 g/mol. The van der Waals surface area contributed by atoms with E-state index >= 15 is 0 Å². The van der Waals surface area contributed by atoms with E-state index in [9.17, 15) is 9.18 Å². The molecule has 0 atom stereocenters. The van der Waals surface area contributed by atoms with Gasteiger partial charge in [0.1, 0.15) is 5.75 Å². The first-order chi connectivity index (χ1) is 12.2. The molecule has 0 saturated carbocycles. The fourth-order valence-electron chi connectivity index (χ4n) is 3.09. The van der Waals surface area contributed by atoms with Crippen molar-refractivity contribution in [3.8, 4) is 17.0 Å². The fourth-order valence-corrected chi connectivity index (χ4v) is 3.09. The number of alkyl halides is 1. The number of rotatable bonds is 8. The number of unbranched alkanes of at least 4 members (excludes halogenated alkanes) is 1. The van der Waals surface area contributed by atoms with E-state index in [2.05, 4.69) is 11.9 Å². The van der Waals surface area contributed by atoms with E-state index in [0.717, 1.165) is 42.1 Å². The molecule has 25 heavy (non-hydrogen) atoms. The van der Waals surface area contributed by atoms with Gasteiger partial charge in [0.05, 0.1) is 31.3 Å². The first-order valence-corrected chi connectivity index (χ1v) is 8.81. The average molecular weight is 345 g/mol. The predicted molar refractivity (Wildman–Crippen MR) is 94.4 cm³/mol. The number of nitrogens with zero attached hydrogens (tertiary/aromatic N) is 3. The van der Waals surface area contributed by atoms with Gasteiger partial charge >= 0.3 is 0 Å². The van der Waals surface area contributed by atoms with E-state index in [-0.39, 0.29) is 12.6 Å². The lowest BCUT2D eigenvalue weighted by Gasteiger charge is -2.15. The highest BCUT2D eigenvalue weighted by Gasteiger charge is 2.32. The van der Waals surface area contributed by atoms with Crippen LogP contribution in [0.25, 0.3) is 11.3 Å². The van der Waals surface area contributed by atoms with Crippen molar-refractivity contribution < 1.29 is 13.9 Å². The number of amides is 1. The minimum absolute atomic E-state index is 0.00831. The van der Waals surface area contributed by atoms with Gasteiger partial charge < -0.3 is 14.2 Å². The topological polar surface area (TPSA) is 47.4 Å². The minimum atomic E-state index is -0.373. The standard InChI is InChI=1S/C19H24FN3O2/c1-3-4-11-22-13-23-17(14(2)21-18(23)19(22)24)15-6-8-16(9-7-15)25-12-5-10-20/h6-9H,3-5,10-13H2,1-2H3. The quantitative estimate of drug-likeness (QED) is 0.684. The molecular formula is C19H24FN3O2. The third-order valence-corrected chi connectivity index (χ3v) is 4.39. The molecule has 2 heterocycles. The molecule has 0 bridgehead atoms. The number of hydrogen-bond donors (Lipinski definition) is 0. The first-order valence-electron chi connectivity index (χ1n) is 8.81. The highest BCUT2D eigenvalue weighted by Crippen LogP contribution is 2.30. The number of carbonyl (C=O) groups is 1. The van der Waals surface area contributed by atoms with Crippen molar-refractivity contribution in [1.82, 2.24) is 14.5 Å². The van der Waals surface area contributed by atoms with Crippen molar-refractivity contribution in [2.45, 2.75) is 39.8 Å². The zero-order chi connectivity index (χ0) is 17.8. The van der Waals surface area contributed by atoms with Gasteiger partial charge in [0.25, 0.3) is 5.91 Å². The second kappa shape index (κ2) is 7.68. The summed E-state index contributed by atoms with van der Waals surface area (Å²) in [6, 6.07) is 7.67. The molecule has 1 aliphatic rings. The van der Waals surface area contributed by atoms with Gasteiger partial charge in [0, 0.05) is 18.5 Å². The molecule has 0 saturated heterocycles. The zero-order valence-electron chi connectivity index (χ0n) is 14.8. The second-order valence-corrected chi connectivity index (χ2v) is 6.28. The SMILES string of the molecule is CCCCN1Cn2c(nc(C)c2-c2ccc(OCCCF)cc2)C1=O. The van der Waals surface area contributed by atoms with Gasteiger partial charge in [-0.05, 0) is 37.6 Å². The van der Waals surface area contributed by atoms with Crippen molar-refractivity contribution in [2.24, 2.45) is 0 Å². The Bertz CT molecular complexity index is 740. The van der Waals surface area contributed by atoms with E-state index in [0.29, 0.717) is 25.5 Å². The Balaban J connectivity index is 1.80. The van der Waals surface area contributed by atoms with E-state index in [4.69, 9.17) is 4.74 Å². The van der Waals surface area contributed by atoms with Crippen LogP contribution in [0.15, 0.2) is 24.3 Å². The van der Waals surface area contributed by atoms with Crippen LogP contribution in [0.2, 0.25) is 0 Å². The van der Waals surface area contributed by atoms with Crippen LogP contribution in [0.5, 0.6) is 5.75 Å². The zero-order valence-corrected chi connectivity index (χ0v) is 14.8. The minimum Gasteiger partial charge on any atom is -0.493 e. The number of benzene rings is 1. The summed E-state index contributed by atoms with van der Waals surface area (Å²) in [5.41, 5.74) is 2.82. The summed E-state index contributed by atoms with van der Waals surface area (Å²) in [4.78, 5) is 18.8. The number of fused-ring (bicyclic) bond motifs is 1. The van der Waals surface area contributed by atoms with Crippen LogP contribution < -0.4 is 4.74 Å². The molecule has 1 aromatic carbocycles. The van der Waals surface area contributed by atoms with Crippen molar-refractivity contribution >= 4 is 5.91 Å². The molecule has 0 spiro atoms. The Labute approximate surface area is 147 Å². The molecule has 2 aromatic rings. The summed E-state index contributed by atoms with van der Waals surface area (Å²) in [5.74, 6) is 1.25. The molecule has 0 aliphatic carbocycles. The van der Waals surface area contributed by atoms with E-state index in [1.165, 1.54) is 0 Å². The molecule has 0 radical (unpaired) electrons. The highest BCUT2D eigenvalue weighted by atomic mass is 19.1. The maximum absolute atomic E-state index is 12.5. The Morgan fingerprint density at radius 3 is 2.68 bits per heavy atom. The predicted octanol–water partition coefficient (Wildman–Crippen LogP) is 3.81. The molecule has 1 amide bonds. The molecular weight excluding hydrogens is 321 g/mol. The summed E-state index contributed by atoms with van der Waals surface area (Å²) >= 11 is 0. The van der Waals surface area contributed by atoms with E-state index in [1.807, 2.05) is 40.7 Å². The Morgan fingerprint density at radius 1 is 1.24 bits per heavy atom. The molecule has 1 aliphatic heterocycles. The largest absolute Gasteiger partial charge is 0.493 e. The molecule has 0 fully saturated rings. The Kier molecular flexibility index (Phi) is 5.36. The van der Waals surface area contributed by atoms with Crippen molar-refractivity contribution in [2.75, 3.05) is 19.8 Å². The fraction of sp³-hybridized carbons (Fsp3) is 0.474. The normalized spacial score (nSPS) is 13.4. The summed E-state index contributed by atoms with van der Waals surface area (Å²) in [5, 5.41) is 0. The molecule has 5 nitrogen and oxygen atoms in total. The Morgan fingerprint density at radius 2 is 2.00 bits per heavy atom. The summed E-state index contributed by atoms with van der Waals surface area (Å²) in [7, 11) is 0. The van der Waals surface area contributed by atoms with Gasteiger partial charge in [-0.1, -0.05) is 13.3 Å². The molecule has 3 rings (SSSR count). The van der Waals surface area contributed by atoms with Crippen LogP contribution in [0.1, 0.15) is 42.5 Å². The van der Waals surface area contributed by atoms with Gasteiger partial charge in [0.15, 0.2) is 0 Å². The first kappa shape index (κ1) is 17.5. The lowest BCUT2D eigenvalue weighted by atomic mass is 10.1. The average Bonchev–Trinajstić information content (AvgIpc) is 3.09. The molecule has 134 valence electrons. The molecule has 1 aromatic heterocycles. The van der Waals surface area contributed by atoms with Gasteiger partial charge in [-0.25, -0.2) is 4.98 Å². The number of aryl methyl sites for hydroxylation is 1. The van der Waals surface area contributed by atoms with Gasteiger partial charge in [-0.2, -0.15) is 0 Å². The maximum atomic E-state index is 12.5. The molecule has 0 N–H and O–H groups in total. The van der Waals surface area contributed by atoms with E-state index in [1.54, 1.807) is 0 Å². The highest BCUT2D eigenvalue weighted by molar-refractivity contribution is 5.94. The van der Waals surface area contributed by atoms with Crippen molar-refractivity contribution in [1.29, 1.82) is 0 Å². The molecule has 0 unspecified atom stereocenters. The Hall–Kier alpha value is -2.37. The van der Waals surface area contributed by atoms with Crippen LogP contribution in [-0.4, -0.2) is 40.2 Å². The van der Waals surface area contributed by atoms with Crippen LogP contribution in [0.4, 0.5) is 4.39 Å². The van der Waals surface area contributed by atoms with Crippen molar-refractivity contribution in [3.05, 3.63) is 35.8 Å². The second-order valence-electron chi connectivity index (χ2n) is 6.28. The van der Waals surface area contributed by atoms with Gasteiger partial charge in [0.2, 0.25) is 5.82 Å². The maximum Gasteiger partial charge on any atom is 0.291 e. The van der Waals surface area contributed by atoms with Crippen LogP contribution in [-0.2, 0) is 6.67 Å². The lowest BCUT2D eigenvalue weighted by Crippen LogP contribution is -2.26. The number of carbonyl (C=O) groups excluding carboxylic acids is 1. The number of ether oxygens (including phenoxy) is 1. The van der Waals surface area contributed by atoms with Crippen molar-refractivity contribution in [3.63, 3.8) is 0 Å². The smallest absolute Gasteiger partial charge is 0.291 e. The number of aromatic nitrogens is 2. The lowest BCUT2D eigenvalue weighted by molar-refractivity contribution is 0.0763. The number of halogens is 1. The summed E-state index contributed by atoms with van der Waals surface area (Å²) in [6.45, 7) is 5.36. The van der Waals surface area contributed by atoms with E-state index < -0.39 is 0 Å². The molecule has 6 heteroatoms. The van der Waals surface area contributed by atoms with Gasteiger partial charge in [-0.15, -0.1) is 0 Å². The van der Waals surface area contributed by atoms with Crippen LogP contribution in [0.3, 0.4) is 0 Å². The number of imidazole rings is 1. The van der Waals surface area contributed by atoms with Gasteiger partial charge in [-0.3, -0.25) is 9.18 Å². The summed E-state index contributed by atoms with van der Waals surface area (Å²) < 4.78 is 19.6. The van der Waals surface area contributed by atoms with Crippen LogP contribution >= 0.6 is 0 Å². The van der Waals surface area contributed by atoms with Crippen LogP contribution in [0, 0.1) is 6.92 Å². The summed E-state index contributed by atoms with van der Waals surface area (Å²) in [6.07, 6.45) is 2.45. The third-order valence-electron chi connectivity index (χ3n) is 4.39.